The Hall–Kier alpha value is -3.41. The number of aromatic nitrogens is 6. The Bertz CT molecular complexity index is 1340. The van der Waals surface area contributed by atoms with Crippen LogP contribution >= 0.6 is 0 Å². The molecule has 0 amide bonds. The van der Waals surface area contributed by atoms with Crippen molar-refractivity contribution < 1.29 is 21.6 Å². The van der Waals surface area contributed by atoms with E-state index in [4.69, 9.17) is 0 Å². The molecule has 154 valence electrons. The van der Waals surface area contributed by atoms with E-state index in [1.54, 1.807) is 0 Å². The molecule has 0 saturated heterocycles. The second kappa shape index (κ2) is 7.13. The van der Waals surface area contributed by atoms with Crippen LogP contribution in [0.3, 0.4) is 0 Å². The van der Waals surface area contributed by atoms with Gasteiger partial charge in [0.05, 0.1) is 16.2 Å². The van der Waals surface area contributed by atoms with Gasteiger partial charge in [-0.05, 0) is 18.2 Å². The zero-order valence-corrected chi connectivity index (χ0v) is 16.2. The first kappa shape index (κ1) is 19.9. The number of pyridine rings is 2. The molecule has 8 nitrogen and oxygen atoms in total. The van der Waals surface area contributed by atoms with Crippen molar-refractivity contribution in [2.24, 2.45) is 0 Å². The zero-order chi connectivity index (χ0) is 21.5. The molecule has 12 heteroatoms. The highest BCUT2D eigenvalue weighted by atomic mass is 32.2. The van der Waals surface area contributed by atoms with Gasteiger partial charge in [0.25, 0.3) is 0 Å². The molecule has 0 bridgehead atoms. The molecule has 0 atom stereocenters. The summed E-state index contributed by atoms with van der Waals surface area (Å²) in [7, 11) is -3.75. The summed E-state index contributed by atoms with van der Waals surface area (Å²) in [6.07, 6.45) is 2.01. The lowest BCUT2D eigenvalue weighted by Crippen LogP contribution is -2.08. The standard InChI is InChI=1S/C18H13F3N6O2S/c1-2-30(28,29)14-5-11(12-6-22-10-23-7-12)8-24-16(14)17-25-15-4-3-13(18(19,20)21)9-27(15)26-17/h3-10H,2H2,1H3. The molecular formula is C18H13F3N6O2S. The maximum atomic E-state index is 13.0. The molecule has 0 saturated carbocycles. The van der Waals surface area contributed by atoms with Crippen LogP contribution in [0.15, 0.2) is 54.2 Å². The van der Waals surface area contributed by atoms with Crippen LogP contribution < -0.4 is 0 Å². The molecule has 4 aromatic rings. The quantitative estimate of drug-likeness (QED) is 0.486. The fourth-order valence-electron chi connectivity index (χ4n) is 2.76. The predicted molar refractivity (Wildman–Crippen MR) is 100.0 cm³/mol. The van der Waals surface area contributed by atoms with Crippen LogP contribution in [0.4, 0.5) is 13.2 Å². The molecule has 0 unspecified atom stereocenters. The highest BCUT2D eigenvalue weighted by Gasteiger charge is 2.31. The summed E-state index contributed by atoms with van der Waals surface area (Å²) in [5.74, 6) is -0.306. The molecule has 0 aliphatic heterocycles. The summed E-state index contributed by atoms with van der Waals surface area (Å²) in [4.78, 5) is 16.0. The molecule has 0 aromatic carbocycles. The van der Waals surface area contributed by atoms with Gasteiger partial charge in [0, 0.05) is 35.9 Å². The maximum Gasteiger partial charge on any atom is 0.417 e. The SMILES string of the molecule is CCS(=O)(=O)c1cc(-c2cncnc2)cnc1-c1nc2ccc(C(F)(F)F)cn2n1. The highest BCUT2D eigenvalue weighted by molar-refractivity contribution is 7.91. The fraction of sp³-hybridized carbons (Fsp3) is 0.167. The van der Waals surface area contributed by atoms with Gasteiger partial charge in [-0.15, -0.1) is 5.10 Å². The number of hydrogen-bond donors (Lipinski definition) is 0. The Balaban J connectivity index is 1.90. The Kier molecular flexibility index (Phi) is 4.73. The molecule has 0 radical (unpaired) electrons. The Labute approximate surface area is 168 Å². The van der Waals surface area contributed by atoms with Crippen LogP contribution in [-0.2, 0) is 16.0 Å². The summed E-state index contributed by atoms with van der Waals surface area (Å²) in [5, 5.41) is 4.02. The number of nitrogens with zero attached hydrogens (tertiary/aromatic N) is 6. The van der Waals surface area contributed by atoms with Gasteiger partial charge in [0.1, 0.15) is 12.0 Å². The van der Waals surface area contributed by atoms with Gasteiger partial charge >= 0.3 is 6.18 Å². The van der Waals surface area contributed by atoms with E-state index in [9.17, 15) is 21.6 Å². The minimum absolute atomic E-state index is 0.0466. The monoisotopic (exact) mass is 434 g/mol. The van der Waals surface area contributed by atoms with Crippen molar-refractivity contribution in [3.8, 4) is 22.6 Å². The average molecular weight is 434 g/mol. The molecule has 4 aromatic heterocycles. The van der Waals surface area contributed by atoms with Crippen LogP contribution in [-0.4, -0.2) is 43.7 Å². The van der Waals surface area contributed by atoms with E-state index in [0.717, 1.165) is 22.8 Å². The minimum Gasteiger partial charge on any atom is -0.251 e. The zero-order valence-electron chi connectivity index (χ0n) is 15.4. The van der Waals surface area contributed by atoms with Crippen LogP contribution in [0.25, 0.3) is 28.3 Å². The van der Waals surface area contributed by atoms with E-state index in [-0.39, 0.29) is 27.8 Å². The third kappa shape index (κ3) is 3.61. The van der Waals surface area contributed by atoms with Gasteiger partial charge in [-0.25, -0.2) is 27.9 Å². The van der Waals surface area contributed by atoms with E-state index in [1.807, 2.05) is 0 Å². The van der Waals surface area contributed by atoms with Crippen molar-refractivity contribution in [1.82, 2.24) is 29.5 Å². The Morgan fingerprint density at radius 1 is 1.07 bits per heavy atom. The highest BCUT2D eigenvalue weighted by Crippen LogP contribution is 2.31. The summed E-state index contributed by atoms with van der Waals surface area (Å²) < 4.78 is 65.2. The molecule has 4 heterocycles. The van der Waals surface area contributed by atoms with Gasteiger partial charge < -0.3 is 0 Å². The molecule has 4 rings (SSSR count). The van der Waals surface area contributed by atoms with Gasteiger partial charge in [-0.2, -0.15) is 13.2 Å². The van der Waals surface area contributed by atoms with Crippen molar-refractivity contribution in [1.29, 1.82) is 0 Å². The number of alkyl halides is 3. The van der Waals surface area contributed by atoms with E-state index in [2.05, 4.69) is 25.0 Å². The molecular weight excluding hydrogens is 421 g/mol. The summed E-state index contributed by atoms with van der Waals surface area (Å²) >= 11 is 0. The first-order valence-corrected chi connectivity index (χ1v) is 10.3. The van der Waals surface area contributed by atoms with Crippen molar-refractivity contribution in [3.63, 3.8) is 0 Å². The fourth-order valence-corrected chi connectivity index (χ4v) is 3.82. The lowest BCUT2D eigenvalue weighted by Gasteiger charge is -2.08. The molecule has 0 aliphatic carbocycles. The lowest BCUT2D eigenvalue weighted by molar-refractivity contribution is -0.137. The van der Waals surface area contributed by atoms with Crippen LogP contribution in [0.2, 0.25) is 0 Å². The second-order valence-electron chi connectivity index (χ2n) is 6.26. The third-order valence-corrected chi connectivity index (χ3v) is 6.07. The first-order valence-electron chi connectivity index (χ1n) is 8.61. The smallest absolute Gasteiger partial charge is 0.251 e. The van der Waals surface area contributed by atoms with Crippen LogP contribution in [0, 0.1) is 0 Å². The topological polar surface area (TPSA) is 103 Å². The Morgan fingerprint density at radius 3 is 2.47 bits per heavy atom. The number of hydrogen-bond acceptors (Lipinski definition) is 7. The molecule has 0 aliphatic rings. The number of rotatable bonds is 4. The van der Waals surface area contributed by atoms with Crippen molar-refractivity contribution in [3.05, 3.63) is 54.9 Å². The van der Waals surface area contributed by atoms with Crippen molar-refractivity contribution in [2.75, 3.05) is 5.75 Å². The molecule has 0 spiro atoms. The number of sulfone groups is 1. The van der Waals surface area contributed by atoms with Gasteiger partial charge in [0.15, 0.2) is 15.5 Å². The predicted octanol–water partition coefficient (Wildman–Crippen LogP) is 3.06. The van der Waals surface area contributed by atoms with Gasteiger partial charge in [-0.1, -0.05) is 6.92 Å². The van der Waals surface area contributed by atoms with E-state index < -0.39 is 21.6 Å². The summed E-state index contributed by atoms with van der Waals surface area (Å²) in [6, 6.07) is 3.44. The summed E-state index contributed by atoms with van der Waals surface area (Å²) in [5.41, 5.74) is 0.200. The number of fused-ring (bicyclic) bond motifs is 1. The lowest BCUT2D eigenvalue weighted by atomic mass is 10.1. The molecule has 30 heavy (non-hydrogen) atoms. The van der Waals surface area contributed by atoms with E-state index in [0.29, 0.717) is 11.1 Å². The second-order valence-corrected chi connectivity index (χ2v) is 8.50. The summed E-state index contributed by atoms with van der Waals surface area (Å²) in [6.45, 7) is 1.48. The van der Waals surface area contributed by atoms with E-state index >= 15 is 0 Å². The largest absolute Gasteiger partial charge is 0.417 e. The molecule has 0 fully saturated rings. The first-order chi connectivity index (χ1) is 14.2. The average Bonchev–Trinajstić information content (AvgIpc) is 3.16. The molecule has 0 N–H and O–H groups in total. The van der Waals surface area contributed by atoms with Crippen LogP contribution in [0.1, 0.15) is 12.5 Å². The van der Waals surface area contributed by atoms with Crippen molar-refractivity contribution in [2.45, 2.75) is 18.0 Å². The minimum atomic E-state index is -4.55. The van der Waals surface area contributed by atoms with Crippen molar-refractivity contribution >= 4 is 15.5 Å². The van der Waals surface area contributed by atoms with E-state index in [1.165, 1.54) is 37.9 Å². The Morgan fingerprint density at radius 2 is 1.80 bits per heavy atom. The van der Waals surface area contributed by atoms with Gasteiger partial charge in [-0.3, -0.25) is 4.98 Å². The number of halogens is 3. The van der Waals surface area contributed by atoms with Gasteiger partial charge in [0.2, 0.25) is 5.82 Å². The third-order valence-electron chi connectivity index (χ3n) is 4.33. The van der Waals surface area contributed by atoms with Crippen LogP contribution in [0.5, 0.6) is 0 Å². The maximum absolute atomic E-state index is 13.0. The normalized spacial score (nSPS) is 12.4.